The summed E-state index contributed by atoms with van der Waals surface area (Å²) < 4.78 is 12.8. The molecule has 1 aliphatic heterocycles. The number of amides is 3. The Kier molecular flexibility index (Phi) is 6.77. The minimum Gasteiger partial charge on any atom is -0.398 e. The molecule has 174 valence electrons. The highest BCUT2D eigenvalue weighted by atomic mass is 19.1. The van der Waals surface area contributed by atoms with Crippen LogP contribution < -0.4 is 16.0 Å². The Hall–Kier alpha value is -3.22. The van der Waals surface area contributed by atoms with Gasteiger partial charge in [-0.1, -0.05) is 30.3 Å². The number of hydrogen-bond acceptors (Lipinski definition) is 4. The van der Waals surface area contributed by atoms with Crippen molar-refractivity contribution in [2.75, 3.05) is 17.3 Å². The Bertz CT molecular complexity index is 1070. The first-order valence-electron chi connectivity index (χ1n) is 11.6. The van der Waals surface area contributed by atoms with Crippen molar-refractivity contribution in [3.05, 3.63) is 48.0 Å². The Morgan fingerprint density at radius 3 is 2.64 bits per heavy atom. The third kappa shape index (κ3) is 4.77. The number of rotatable bonds is 8. The summed E-state index contributed by atoms with van der Waals surface area (Å²) in [4.78, 5) is 41.2. The van der Waals surface area contributed by atoms with Crippen molar-refractivity contribution in [2.45, 2.75) is 57.4 Å². The van der Waals surface area contributed by atoms with Gasteiger partial charge in [-0.2, -0.15) is 0 Å². The molecule has 3 amide bonds. The van der Waals surface area contributed by atoms with E-state index in [4.69, 9.17) is 5.73 Å². The van der Waals surface area contributed by atoms with E-state index in [-0.39, 0.29) is 18.2 Å². The molecule has 2 aliphatic rings. The second-order valence-electron chi connectivity index (χ2n) is 9.01. The number of imide groups is 1. The number of benzene rings is 2. The van der Waals surface area contributed by atoms with Gasteiger partial charge in [0.2, 0.25) is 11.8 Å². The lowest BCUT2D eigenvalue weighted by atomic mass is 9.92. The standard InChI is InChI=1S/C26H30FN3O3/c1-16-18-7-2-3-8-19(18)24-20(28)9-6-11-22(24)30(25(16)32)26(33)21(10-4-5-14-27)29-23(31)15-17-12-13-17/h2-3,6-9,11,16-17,21H,4-5,10,12-15,28H2,1H3,(H,29,31)/t16?,21-/m0/s1. The van der Waals surface area contributed by atoms with Crippen LogP contribution in [0.25, 0.3) is 11.1 Å². The number of hydrogen-bond donors (Lipinski definition) is 2. The van der Waals surface area contributed by atoms with Crippen LogP contribution in [-0.2, 0) is 14.4 Å². The fraction of sp³-hybridized carbons (Fsp3) is 0.423. The molecule has 33 heavy (non-hydrogen) atoms. The number of nitrogens with two attached hydrogens (primary N) is 1. The molecule has 3 N–H and O–H groups in total. The van der Waals surface area contributed by atoms with E-state index in [2.05, 4.69) is 5.32 Å². The van der Waals surface area contributed by atoms with Gasteiger partial charge in [0.1, 0.15) is 6.04 Å². The van der Waals surface area contributed by atoms with Crippen molar-refractivity contribution in [3.63, 3.8) is 0 Å². The monoisotopic (exact) mass is 451 g/mol. The number of carbonyl (C=O) groups is 3. The van der Waals surface area contributed by atoms with Gasteiger partial charge in [0.25, 0.3) is 5.91 Å². The minimum absolute atomic E-state index is 0.206. The van der Waals surface area contributed by atoms with Gasteiger partial charge in [-0.05, 0) is 68.2 Å². The summed E-state index contributed by atoms with van der Waals surface area (Å²) in [7, 11) is 0. The molecular weight excluding hydrogens is 421 g/mol. The van der Waals surface area contributed by atoms with E-state index in [9.17, 15) is 18.8 Å². The SMILES string of the molecule is CC1C(=O)N(C(=O)[C@H](CCCCF)NC(=O)CC2CC2)c2cccc(N)c2-c2ccccc21. The molecule has 4 rings (SSSR count). The summed E-state index contributed by atoms with van der Waals surface area (Å²) in [6, 6.07) is 11.8. The zero-order valence-corrected chi connectivity index (χ0v) is 18.9. The van der Waals surface area contributed by atoms with Gasteiger partial charge in [-0.25, -0.2) is 4.90 Å². The van der Waals surface area contributed by atoms with E-state index >= 15 is 0 Å². The number of unbranched alkanes of at least 4 members (excludes halogenated alkanes) is 1. The molecule has 0 saturated heterocycles. The quantitative estimate of drug-likeness (QED) is 0.461. The maximum Gasteiger partial charge on any atom is 0.256 e. The number of fused-ring (bicyclic) bond motifs is 3. The molecule has 7 heteroatoms. The predicted molar refractivity (Wildman–Crippen MR) is 126 cm³/mol. The van der Waals surface area contributed by atoms with Crippen LogP contribution in [0.15, 0.2) is 42.5 Å². The molecule has 2 aromatic rings. The number of alkyl halides is 1. The summed E-state index contributed by atoms with van der Waals surface area (Å²) in [6.45, 7) is 1.28. The highest BCUT2D eigenvalue weighted by Crippen LogP contribution is 2.44. The molecular formula is C26H30FN3O3. The van der Waals surface area contributed by atoms with Crippen LogP contribution in [0, 0.1) is 5.92 Å². The average Bonchev–Trinajstić information content (AvgIpc) is 3.62. The maximum atomic E-state index is 13.8. The van der Waals surface area contributed by atoms with Crippen molar-refractivity contribution < 1.29 is 18.8 Å². The van der Waals surface area contributed by atoms with Crippen molar-refractivity contribution in [3.8, 4) is 11.1 Å². The van der Waals surface area contributed by atoms with Gasteiger partial charge in [-0.3, -0.25) is 18.8 Å². The molecule has 1 heterocycles. The summed E-state index contributed by atoms with van der Waals surface area (Å²) in [5.41, 5.74) is 9.45. The van der Waals surface area contributed by atoms with E-state index in [1.807, 2.05) is 24.3 Å². The average molecular weight is 452 g/mol. The lowest BCUT2D eigenvalue weighted by Crippen LogP contribution is -2.51. The number of carbonyl (C=O) groups excluding carboxylic acids is 3. The molecule has 0 aromatic heterocycles. The minimum atomic E-state index is -0.908. The van der Waals surface area contributed by atoms with Gasteiger partial charge >= 0.3 is 0 Å². The van der Waals surface area contributed by atoms with Crippen LogP contribution in [0.1, 0.15) is 56.9 Å². The first kappa shape index (κ1) is 23.0. The molecule has 1 aliphatic carbocycles. The number of halogens is 1. The van der Waals surface area contributed by atoms with Gasteiger partial charge in [-0.15, -0.1) is 0 Å². The van der Waals surface area contributed by atoms with Gasteiger partial charge in [0.05, 0.1) is 18.3 Å². The van der Waals surface area contributed by atoms with Crippen molar-refractivity contribution in [1.29, 1.82) is 0 Å². The second-order valence-corrected chi connectivity index (χ2v) is 9.01. The highest BCUT2D eigenvalue weighted by Gasteiger charge is 2.39. The van der Waals surface area contributed by atoms with E-state index < -0.39 is 24.5 Å². The highest BCUT2D eigenvalue weighted by molar-refractivity contribution is 6.22. The van der Waals surface area contributed by atoms with Crippen LogP contribution >= 0.6 is 0 Å². The fourth-order valence-corrected chi connectivity index (χ4v) is 4.51. The fourth-order valence-electron chi connectivity index (χ4n) is 4.51. The van der Waals surface area contributed by atoms with Gasteiger partial charge in [0.15, 0.2) is 0 Å². The number of anilines is 2. The van der Waals surface area contributed by atoms with Crippen LogP contribution in [-0.4, -0.2) is 30.4 Å². The Morgan fingerprint density at radius 1 is 1.15 bits per heavy atom. The zero-order valence-electron chi connectivity index (χ0n) is 18.9. The third-order valence-corrected chi connectivity index (χ3v) is 6.50. The van der Waals surface area contributed by atoms with Crippen molar-refractivity contribution in [1.82, 2.24) is 5.32 Å². The molecule has 0 radical (unpaired) electrons. The number of nitrogens with one attached hydrogen (secondary N) is 1. The molecule has 6 nitrogen and oxygen atoms in total. The number of nitrogens with zero attached hydrogens (tertiary/aromatic N) is 1. The summed E-state index contributed by atoms with van der Waals surface area (Å²) in [5.74, 6) is -1.30. The summed E-state index contributed by atoms with van der Waals surface area (Å²) in [6.07, 6.45) is 3.38. The topological polar surface area (TPSA) is 92.5 Å². The molecule has 1 saturated carbocycles. The van der Waals surface area contributed by atoms with Crippen LogP contribution in [0.4, 0.5) is 15.8 Å². The van der Waals surface area contributed by atoms with E-state index in [1.54, 1.807) is 25.1 Å². The summed E-state index contributed by atoms with van der Waals surface area (Å²) >= 11 is 0. The Balaban J connectivity index is 1.73. The molecule has 2 atom stereocenters. The predicted octanol–water partition coefficient (Wildman–Crippen LogP) is 4.34. The Morgan fingerprint density at radius 2 is 1.91 bits per heavy atom. The van der Waals surface area contributed by atoms with E-state index in [0.717, 1.165) is 24.0 Å². The van der Waals surface area contributed by atoms with Crippen molar-refractivity contribution >= 4 is 29.1 Å². The first-order valence-corrected chi connectivity index (χ1v) is 11.6. The smallest absolute Gasteiger partial charge is 0.256 e. The largest absolute Gasteiger partial charge is 0.398 e. The summed E-state index contributed by atoms with van der Waals surface area (Å²) in [5, 5.41) is 2.83. The number of nitrogen functional groups attached to an aromatic ring is 1. The Labute approximate surface area is 193 Å². The van der Waals surface area contributed by atoms with Crippen LogP contribution in [0.5, 0.6) is 0 Å². The van der Waals surface area contributed by atoms with Crippen LogP contribution in [0.2, 0.25) is 0 Å². The van der Waals surface area contributed by atoms with E-state index in [1.165, 1.54) is 4.90 Å². The first-order chi connectivity index (χ1) is 15.9. The lowest BCUT2D eigenvalue weighted by molar-refractivity contribution is -0.131. The molecule has 1 fully saturated rings. The third-order valence-electron chi connectivity index (χ3n) is 6.50. The van der Waals surface area contributed by atoms with E-state index in [0.29, 0.717) is 42.1 Å². The van der Waals surface area contributed by atoms with Crippen LogP contribution in [0.3, 0.4) is 0 Å². The molecule has 1 unspecified atom stereocenters. The van der Waals surface area contributed by atoms with Gasteiger partial charge in [0, 0.05) is 17.7 Å². The van der Waals surface area contributed by atoms with Crippen molar-refractivity contribution in [2.24, 2.45) is 5.92 Å². The van der Waals surface area contributed by atoms with Gasteiger partial charge < -0.3 is 11.1 Å². The molecule has 0 spiro atoms. The second kappa shape index (κ2) is 9.73. The maximum absolute atomic E-state index is 13.8. The molecule has 0 bridgehead atoms. The lowest BCUT2D eigenvalue weighted by Gasteiger charge is -2.28. The normalized spacial score (nSPS) is 18.2. The molecule has 2 aromatic carbocycles. The zero-order chi connectivity index (χ0) is 23.5.